The van der Waals surface area contributed by atoms with Crippen LogP contribution in [0.1, 0.15) is 0 Å². The molecule has 0 aromatic carbocycles. The van der Waals surface area contributed by atoms with E-state index in [0.717, 1.165) is 5.54 Å². The van der Waals surface area contributed by atoms with E-state index >= 15 is 0 Å². The molecule has 0 radical (unpaired) electrons. The van der Waals surface area contributed by atoms with Crippen LogP contribution in [0.3, 0.4) is 0 Å². The van der Waals surface area contributed by atoms with E-state index in [4.69, 9.17) is 16.9 Å². The monoisotopic (exact) mass is 145 g/mol. The summed E-state index contributed by atoms with van der Waals surface area (Å²) in [5, 5.41) is 8.12. The van der Waals surface area contributed by atoms with Gasteiger partial charge in [-0.2, -0.15) is 5.26 Å². The SMILES string of the molecule is COC(=O)C(C#N)=CCl. The lowest BCUT2D eigenvalue weighted by atomic mass is 10.3. The fourth-order valence-electron chi connectivity index (χ4n) is 0.225. The summed E-state index contributed by atoms with van der Waals surface area (Å²) in [6.07, 6.45) is 0. The van der Waals surface area contributed by atoms with Gasteiger partial charge in [0.1, 0.15) is 11.6 Å². The summed E-state index contributed by atoms with van der Waals surface area (Å²) in [4.78, 5) is 10.4. The molecule has 0 unspecified atom stereocenters. The lowest BCUT2D eigenvalue weighted by molar-refractivity contribution is -0.135. The van der Waals surface area contributed by atoms with Gasteiger partial charge in [0.2, 0.25) is 0 Å². The van der Waals surface area contributed by atoms with Crippen LogP contribution in [0.15, 0.2) is 11.1 Å². The largest absolute Gasteiger partial charge is 0.465 e. The van der Waals surface area contributed by atoms with Crippen LogP contribution in [0.5, 0.6) is 0 Å². The molecule has 0 rings (SSSR count). The summed E-state index contributed by atoms with van der Waals surface area (Å²) in [7, 11) is 1.18. The van der Waals surface area contributed by atoms with Crippen LogP contribution < -0.4 is 0 Å². The number of rotatable bonds is 1. The van der Waals surface area contributed by atoms with Gasteiger partial charge in [0.05, 0.1) is 7.11 Å². The normalized spacial score (nSPS) is 10.1. The van der Waals surface area contributed by atoms with Crippen molar-refractivity contribution in [1.29, 1.82) is 5.26 Å². The second kappa shape index (κ2) is 3.93. The Balaban J connectivity index is 4.19. The van der Waals surface area contributed by atoms with Gasteiger partial charge in [0.25, 0.3) is 0 Å². The van der Waals surface area contributed by atoms with Gasteiger partial charge in [0.15, 0.2) is 0 Å². The number of methoxy groups -OCH3 is 1. The van der Waals surface area contributed by atoms with Crippen LogP contribution in [0, 0.1) is 11.3 Å². The summed E-state index contributed by atoms with van der Waals surface area (Å²) in [5.74, 6) is -0.715. The van der Waals surface area contributed by atoms with Crippen LogP contribution in [-0.2, 0) is 9.53 Å². The molecular weight excluding hydrogens is 142 g/mol. The van der Waals surface area contributed by atoms with Crippen molar-refractivity contribution in [3.63, 3.8) is 0 Å². The zero-order chi connectivity index (χ0) is 7.28. The Morgan fingerprint density at radius 2 is 2.44 bits per heavy atom. The van der Waals surface area contributed by atoms with E-state index in [2.05, 4.69) is 4.74 Å². The van der Waals surface area contributed by atoms with Gasteiger partial charge in [-0.3, -0.25) is 0 Å². The van der Waals surface area contributed by atoms with E-state index in [0.29, 0.717) is 0 Å². The van der Waals surface area contributed by atoms with Crippen LogP contribution in [-0.4, -0.2) is 13.1 Å². The van der Waals surface area contributed by atoms with E-state index in [1.165, 1.54) is 7.11 Å². The molecule has 0 atom stereocenters. The molecule has 0 saturated carbocycles. The third kappa shape index (κ3) is 2.15. The third-order valence-electron chi connectivity index (χ3n) is 0.635. The maximum Gasteiger partial charge on any atom is 0.349 e. The molecule has 0 aliphatic carbocycles. The van der Waals surface area contributed by atoms with Crippen molar-refractivity contribution in [3.05, 3.63) is 11.1 Å². The van der Waals surface area contributed by atoms with Gasteiger partial charge in [0, 0.05) is 5.54 Å². The third-order valence-corrected chi connectivity index (χ3v) is 0.853. The highest BCUT2D eigenvalue weighted by Crippen LogP contribution is 1.96. The number of esters is 1. The van der Waals surface area contributed by atoms with Gasteiger partial charge in [-0.15, -0.1) is 0 Å². The van der Waals surface area contributed by atoms with E-state index in [-0.39, 0.29) is 5.57 Å². The molecule has 0 aliphatic heterocycles. The van der Waals surface area contributed by atoms with E-state index in [1.807, 2.05) is 0 Å². The molecule has 3 nitrogen and oxygen atoms in total. The van der Waals surface area contributed by atoms with Crippen LogP contribution in [0.25, 0.3) is 0 Å². The van der Waals surface area contributed by atoms with Crippen LogP contribution in [0.2, 0.25) is 0 Å². The summed E-state index contributed by atoms with van der Waals surface area (Å²) in [5.41, 5.74) is 0.686. The summed E-state index contributed by atoms with van der Waals surface area (Å²) < 4.78 is 4.18. The number of hydrogen-bond donors (Lipinski definition) is 0. The lowest BCUT2D eigenvalue weighted by Gasteiger charge is -1.90. The number of nitrogens with zero attached hydrogens (tertiary/aromatic N) is 1. The highest BCUT2D eigenvalue weighted by Gasteiger charge is 2.05. The number of nitriles is 1. The molecule has 0 heterocycles. The van der Waals surface area contributed by atoms with Crippen LogP contribution >= 0.6 is 11.6 Å². The second-order valence-electron chi connectivity index (χ2n) is 1.13. The zero-order valence-electron chi connectivity index (χ0n) is 4.72. The smallest absolute Gasteiger partial charge is 0.349 e. The highest BCUT2D eigenvalue weighted by atomic mass is 35.5. The number of carbonyl (C=O) groups is 1. The quantitative estimate of drug-likeness (QED) is 0.312. The maximum atomic E-state index is 10.4. The fraction of sp³-hybridized carbons (Fsp3) is 0.200. The predicted molar refractivity (Wildman–Crippen MR) is 31.6 cm³/mol. The average Bonchev–Trinajstić information content (AvgIpc) is 1.90. The van der Waals surface area contributed by atoms with Crippen molar-refractivity contribution in [1.82, 2.24) is 0 Å². The van der Waals surface area contributed by atoms with E-state index in [1.54, 1.807) is 6.07 Å². The van der Waals surface area contributed by atoms with Crippen molar-refractivity contribution in [3.8, 4) is 6.07 Å². The molecule has 0 amide bonds. The minimum absolute atomic E-state index is 0.195. The highest BCUT2D eigenvalue weighted by molar-refractivity contribution is 6.27. The standard InChI is InChI=1S/C5H4ClNO2/c1-9-5(8)4(2-6)3-7/h2H,1H3. The Hall–Kier alpha value is -1.01. The number of halogens is 1. The van der Waals surface area contributed by atoms with Crippen molar-refractivity contribution >= 4 is 17.6 Å². The molecule has 9 heavy (non-hydrogen) atoms. The van der Waals surface area contributed by atoms with E-state index in [9.17, 15) is 4.79 Å². The first-order valence-electron chi connectivity index (χ1n) is 2.05. The fourth-order valence-corrected chi connectivity index (χ4v) is 0.362. The lowest BCUT2D eigenvalue weighted by Crippen LogP contribution is -2.01. The molecular formula is C5H4ClNO2. The topological polar surface area (TPSA) is 50.1 Å². The summed E-state index contributed by atoms with van der Waals surface area (Å²) in [6.45, 7) is 0. The average molecular weight is 146 g/mol. The summed E-state index contributed by atoms with van der Waals surface area (Å²) in [6, 6.07) is 1.56. The molecule has 0 N–H and O–H groups in total. The van der Waals surface area contributed by atoms with Gasteiger partial charge < -0.3 is 4.74 Å². The molecule has 0 aliphatic rings. The van der Waals surface area contributed by atoms with Crippen molar-refractivity contribution in [2.75, 3.05) is 7.11 Å². The first-order valence-corrected chi connectivity index (χ1v) is 2.48. The number of carbonyl (C=O) groups excluding carboxylic acids is 1. The van der Waals surface area contributed by atoms with E-state index < -0.39 is 5.97 Å². The maximum absolute atomic E-state index is 10.4. The molecule has 0 spiro atoms. The molecule has 4 heteroatoms. The molecule has 48 valence electrons. The number of ether oxygens (including phenoxy) is 1. The Bertz CT molecular complexity index is 180. The predicted octanol–water partition coefficient (Wildman–Crippen LogP) is 0.806. The van der Waals surface area contributed by atoms with Gasteiger partial charge >= 0.3 is 5.97 Å². The molecule has 0 fully saturated rings. The first-order chi connectivity index (χ1) is 4.26. The van der Waals surface area contributed by atoms with Gasteiger partial charge in [-0.1, -0.05) is 11.6 Å². The van der Waals surface area contributed by atoms with Crippen LogP contribution in [0.4, 0.5) is 0 Å². The molecule has 0 saturated heterocycles. The van der Waals surface area contributed by atoms with Gasteiger partial charge in [-0.25, -0.2) is 4.79 Å². The molecule has 0 aromatic rings. The Morgan fingerprint density at radius 1 is 1.89 bits per heavy atom. The van der Waals surface area contributed by atoms with Crippen molar-refractivity contribution < 1.29 is 9.53 Å². The molecule has 0 bridgehead atoms. The Morgan fingerprint density at radius 3 is 2.56 bits per heavy atom. The number of hydrogen-bond acceptors (Lipinski definition) is 3. The van der Waals surface area contributed by atoms with Crippen molar-refractivity contribution in [2.45, 2.75) is 0 Å². The zero-order valence-corrected chi connectivity index (χ0v) is 5.47. The minimum Gasteiger partial charge on any atom is -0.465 e. The minimum atomic E-state index is -0.715. The Kier molecular flexibility index (Phi) is 3.49. The first kappa shape index (κ1) is 7.99. The second-order valence-corrected chi connectivity index (χ2v) is 1.34. The van der Waals surface area contributed by atoms with Gasteiger partial charge in [-0.05, 0) is 0 Å². The Labute approximate surface area is 57.5 Å². The molecule has 0 aromatic heterocycles. The summed E-state index contributed by atoms with van der Waals surface area (Å²) >= 11 is 5.06. The van der Waals surface area contributed by atoms with Crippen molar-refractivity contribution in [2.24, 2.45) is 0 Å².